The van der Waals surface area contributed by atoms with Crippen molar-refractivity contribution >= 4 is 30.6 Å². The molecule has 0 amide bonds. The first kappa shape index (κ1) is 12.8. The summed E-state index contributed by atoms with van der Waals surface area (Å²) in [4.78, 5) is 0. The van der Waals surface area contributed by atoms with Crippen LogP contribution >= 0.6 is 24.8 Å². The van der Waals surface area contributed by atoms with Crippen molar-refractivity contribution in [3.63, 3.8) is 0 Å². The smallest absolute Gasteiger partial charge is 0.143 e. The summed E-state index contributed by atoms with van der Waals surface area (Å²) in [7, 11) is 0. The van der Waals surface area contributed by atoms with Crippen molar-refractivity contribution in [2.24, 2.45) is 5.73 Å². The van der Waals surface area contributed by atoms with Gasteiger partial charge in [0.1, 0.15) is 11.5 Å². The van der Waals surface area contributed by atoms with Gasteiger partial charge < -0.3 is 5.73 Å². The Morgan fingerprint density at radius 3 is 2.36 bits per heavy atom. The average Bonchev–Trinajstić information content (AvgIpc) is 1.90. The third-order valence-electron chi connectivity index (χ3n) is 0.848. The minimum Gasteiger partial charge on any atom is -0.382 e. The molecule has 11 heavy (non-hydrogen) atoms. The fourth-order valence-electron chi connectivity index (χ4n) is 0.445. The first-order valence-electron chi connectivity index (χ1n) is 2.43. The summed E-state index contributed by atoms with van der Waals surface area (Å²) in [5.74, 6) is -0.0527. The first-order valence-corrected chi connectivity index (χ1v) is 2.43. The highest BCUT2D eigenvalue weighted by Crippen LogP contribution is 1.86. The zero-order valence-electron chi connectivity index (χ0n) is 5.52. The molecule has 0 saturated heterocycles. The second-order valence-electron chi connectivity index (χ2n) is 1.52. The highest BCUT2D eigenvalue weighted by molar-refractivity contribution is 5.92. The summed E-state index contributed by atoms with van der Waals surface area (Å²) >= 11 is 0. The molecule has 0 fully saturated rings. The SMILES string of the molecule is Cl.Cl.N=C(N)c1cccnn1. The van der Waals surface area contributed by atoms with Crippen molar-refractivity contribution < 1.29 is 0 Å². The Bertz CT molecular complexity index is 213. The molecule has 0 aliphatic heterocycles. The molecule has 1 heterocycles. The van der Waals surface area contributed by atoms with Gasteiger partial charge in [-0.1, -0.05) is 0 Å². The third-order valence-corrected chi connectivity index (χ3v) is 0.848. The quantitative estimate of drug-likeness (QED) is 0.509. The number of aromatic nitrogens is 2. The fourth-order valence-corrected chi connectivity index (χ4v) is 0.445. The lowest BCUT2D eigenvalue weighted by molar-refractivity contribution is 1.01. The van der Waals surface area contributed by atoms with Crippen LogP contribution in [-0.4, -0.2) is 16.0 Å². The largest absolute Gasteiger partial charge is 0.382 e. The molecular formula is C5H8Cl2N4. The summed E-state index contributed by atoms with van der Waals surface area (Å²) in [5, 5.41) is 14.0. The van der Waals surface area contributed by atoms with E-state index in [2.05, 4.69) is 10.2 Å². The van der Waals surface area contributed by atoms with Crippen LogP contribution in [-0.2, 0) is 0 Å². The Kier molecular flexibility index (Phi) is 6.83. The zero-order chi connectivity index (χ0) is 6.69. The Morgan fingerprint density at radius 2 is 2.09 bits per heavy atom. The Balaban J connectivity index is 0. The molecule has 0 spiro atoms. The van der Waals surface area contributed by atoms with Crippen molar-refractivity contribution in [3.8, 4) is 0 Å². The molecule has 0 bridgehead atoms. The molecule has 0 aliphatic rings. The maximum absolute atomic E-state index is 6.91. The molecule has 6 heteroatoms. The summed E-state index contributed by atoms with van der Waals surface area (Å²) in [6.45, 7) is 0. The molecule has 3 N–H and O–H groups in total. The van der Waals surface area contributed by atoms with Gasteiger partial charge in [0.25, 0.3) is 0 Å². The van der Waals surface area contributed by atoms with Gasteiger partial charge in [0.05, 0.1) is 0 Å². The Labute approximate surface area is 76.5 Å². The van der Waals surface area contributed by atoms with E-state index in [4.69, 9.17) is 11.1 Å². The van der Waals surface area contributed by atoms with Crippen molar-refractivity contribution in [1.82, 2.24) is 10.2 Å². The Morgan fingerprint density at radius 1 is 1.45 bits per heavy atom. The molecule has 1 aromatic heterocycles. The number of halogens is 2. The minimum absolute atomic E-state index is 0. The second-order valence-corrected chi connectivity index (χ2v) is 1.52. The summed E-state index contributed by atoms with van der Waals surface area (Å²) < 4.78 is 0. The van der Waals surface area contributed by atoms with Gasteiger partial charge in [-0.15, -0.1) is 29.9 Å². The second kappa shape index (κ2) is 5.88. The van der Waals surface area contributed by atoms with Crippen LogP contribution < -0.4 is 5.73 Å². The molecule has 0 aromatic carbocycles. The number of hydrogen-bond donors (Lipinski definition) is 2. The number of hydrogen-bond acceptors (Lipinski definition) is 3. The average molecular weight is 195 g/mol. The fraction of sp³-hybridized carbons (Fsp3) is 0. The van der Waals surface area contributed by atoms with E-state index >= 15 is 0 Å². The van der Waals surface area contributed by atoms with Crippen molar-refractivity contribution in [1.29, 1.82) is 5.41 Å². The van der Waals surface area contributed by atoms with Gasteiger partial charge in [-0.3, -0.25) is 5.41 Å². The van der Waals surface area contributed by atoms with Crippen LogP contribution in [0.5, 0.6) is 0 Å². The van der Waals surface area contributed by atoms with Crippen LogP contribution in [0.1, 0.15) is 5.69 Å². The normalized spacial score (nSPS) is 7.27. The van der Waals surface area contributed by atoms with Crippen LogP contribution in [0.3, 0.4) is 0 Å². The molecule has 0 atom stereocenters. The predicted octanol–water partition coefficient (Wildman–Crippen LogP) is 0.604. The van der Waals surface area contributed by atoms with E-state index in [9.17, 15) is 0 Å². The standard InChI is InChI=1S/C5H6N4.2ClH/c6-5(7)4-2-1-3-8-9-4;;/h1-3H,(H3,6,7);2*1H. The van der Waals surface area contributed by atoms with Crippen LogP contribution in [0.25, 0.3) is 0 Å². The lowest BCUT2D eigenvalue weighted by Crippen LogP contribution is -2.13. The van der Waals surface area contributed by atoms with E-state index in [1.807, 2.05) is 0 Å². The number of amidine groups is 1. The highest BCUT2D eigenvalue weighted by atomic mass is 35.5. The van der Waals surface area contributed by atoms with Crippen LogP contribution in [0.2, 0.25) is 0 Å². The van der Waals surface area contributed by atoms with Crippen molar-refractivity contribution in [2.45, 2.75) is 0 Å². The number of nitrogens with two attached hydrogens (primary N) is 1. The van der Waals surface area contributed by atoms with Gasteiger partial charge in [-0.2, -0.15) is 5.10 Å². The monoisotopic (exact) mass is 194 g/mol. The lowest BCUT2D eigenvalue weighted by Gasteiger charge is -1.90. The zero-order valence-corrected chi connectivity index (χ0v) is 7.15. The van der Waals surface area contributed by atoms with Crippen molar-refractivity contribution in [2.75, 3.05) is 0 Å². The molecule has 0 saturated carbocycles. The predicted molar refractivity (Wildman–Crippen MR) is 47.5 cm³/mol. The van der Waals surface area contributed by atoms with Crippen LogP contribution in [0, 0.1) is 5.41 Å². The van der Waals surface area contributed by atoms with E-state index in [0.717, 1.165) is 0 Å². The summed E-state index contributed by atoms with van der Waals surface area (Å²) in [5.41, 5.74) is 5.51. The van der Waals surface area contributed by atoms with Gasteiger partial charge in [0.2, 0.25) is 0 Å². The van der Waals surface area contributed by atoms with E-state index in [0.29, 0.717) is 5.69 Å². The molecule has 0 aliphatic carbocycles. The molecule has 1 aromatic rings. The van der Waals surface area contributed by atoms with Gasteiger partial charge in [-0.05, 0) is 12.1 Å². The molecule has 0 unspecified atom stereocenters. The van der Waals surface area contributed by atoms with E-state index in [1.165, 1.54) is 6.20 Å². The van der Waals surface area contributed by atoms with Crippen LogP contribution in [0.4, 0.5) is 0 Å². The molecule has 0 radical (unpaired) electrons. The maximum atomic E-state index is 6.91. The van der Waals surface area contributed by atoms with Gasteiger partial charge in [-0.25, -0.2) is 0 Å². The topological polar surface area (TPSA) is 75.7 Å². The highest BCUT2D eigenvalue weighted by Gasteiger charge is 1.92. The molecule has 1 rings (SSSR count). The van der Waals surface area contributed by atoms with Gasteiger partial charge in [0, 0.05) is 6.20 Å². The Hall–Kier alpha value is -0.870. The summed E-state index contributed by atoms with van der Waals surface area (Å²) in [6.07, 6.45) is 1.53. The van der Waals surface area contributed by atoms with Crippen molar-refractivity contribution in [3.05, 3.63) is 24.0 Å². The van der Waals surface area contributed by atoms with Crippen LogP contribution in [0.15, 0.2) is 18.3 Å². The minimum atomic E-state index is -0.0527. The number of rotatable bonds is 1. The van der Waals surface area contributed by atoms with E-state index in [1.54, 1.807) is 12.1 Å². The van der Waals surface area contributed by atoms with Gasteiger partial charge in [0.15, 0.2) is 0 Å². The van der Waals surface area contributed by atoms with E-state index in [-0.39, 0.29) is 30.6 Å². The third kappa shape index (κ3) is 3.75. The number of nitrogens with one attached hydrogen (secondary N) is 1. The lowest BCUT2D eigenvalue weighted by atomic mass is 10.4. The van der Waals surface area contributed by atoms with E-state index < -0.39 is 0 Å². The maximum Gasteiger partial charge on any atom is 0.143 e. The number of nitrogens with zero attached hydrogens (tertiary/aromatic N) is 2. The molecule has 62 valence electrons. The molecule has 4 nitrogen and oxygen atoms in total. The number of nitrogen functional groups attached to an aromatic ring is 1. The van der Waals surface area contributed by atoms with Gasteiger partial charge >= 0.3 is 0 Å². The summed E-state index contributed by atoms with van der Waals surface area (Å²) in [6, 6.07) is 3.32. The first-order chi connectivity index (χ1) is 4.30. The molecular weight excluding hydrogens is 187 g/mol.